The van der Waals surface area contributed by atoms with E-state index in [1.165, 1.54) is 16.7 Å². The quantitative estimate of drug-likeness (QED) is 0.566. The minimum atomic E-state index is 0. The third-order valence-electron chi connectivity index (χ3n) is 2.50. The normalized spacial score (nSPS) is 18.3. The smallest absolute Gasteiger partial charge is 0.00752 e. The maximum Gasteiger partial charge on any atom is -0.00752 e. The molecule has 0 N–H and O–H groups in total. The van der Waals surface area contributed by atoms with Gasteiger partial charge in [-0.05, 0) is 29.5 Å². The van der Waals surface area contributed by atoms with Crippen LogP contribution in [-0.4, -0.2) is 0 Å². The Hall–Kier alpha value is -1.30. The summed E-state index contributed by atoms with van der Waals surface area (Å²) in [6.45, 7) is 4.36. The zero-order chi connectivity index (χ0) is 9.26. The van der Waals surface area contributed by atoms with Crippen LogP contribution in [0.25, 0.3) is 12.2 Å². The van der Waals surface area contributed by atoms with Gasteiger partial charge in [0.25, 0.3) is 0 Å². The summed E-state index contributed by atoms with van der Waals surface area (Å²) in [6.07, 6.45) is 8.93. The van der Waals surface area contributed by atoms with Crippen LogP contribution in [0.15, 0.2) is 30.4 Å². The summed E-state index contributed by atoms with van der Waals surface area (Å²) in [5, 5.41) is 0. The Morgan fingerprint density at radius 3 is 2.57 bits per heavy atom. The van der Waals surface area contributed by atoms with Crippen LogP contribution in [-0.2, 0) is 0 Å². The van der Waals surface area contributed by atoms with Gasteiger partial charge in [-0.25, -0.2) is 0 Å². The highest BCUT2D eigenvalue weighted by atomic mass is 14.1. The summed E-state index contributed by atoms with van der Waals surface area (Å²) < 4.78 is 0. The topological polar surface area (TPSA) is 0 Å². The molecule has 74 valence electrons. The number of benzene rings is 1. The Morgan fingerprint density at radius 2 is 1.79 bits per heavy atom. The van der Waals surface area contributed by atoms with E-state index in [1.807, 2.05) is 0 Å². The van der Waals surface area contributed by atoms with Crippen molar-refractivity contribution < 1.29 is 0 Å². The molecule has 0 nitrogen and oxygen atoms in total. The van der Waals surface area contributed by atoms with E-state index in [9.17, 15) is 0 Å². The van der Waals surface area contributed by atoms with Crippen molar-refractivity contribution in [3.63, 3.8) is 0 Å². The molecule has 2 rings (SSSR count). The van der Waals surface area contributed by atoms with Gasteiger partial charge >= 0.3 is 0 Å². The van der Waals surface area contributed by atoms with Gasteiger partial charge in [0, 0.05) is 0 Å². The highest BCUT2D eigenvalue weighted by molar-refractivity contribution is 5.69. The Bertz CT molecular complexity index is 370. The monoisotopic (exact) mass is 186 g/mol. The third-order valence-corrected chi connectivity index (χ3v) is 2.50. The fraction of sp³-hybridized carbons (Fsp3) is 0.286. The number of hydrogen-bond donors (Lipinski definition) is 0. The Morgan fingerprint density at radius 1 is 1.07 bits per heavy atom. The first-order valence-corrected chi connectivity index (χ1v) is 4.73. The van der Waals surface area contributed by atoms with Crippen LogP contribution >= 0.6 is 0 Å². The molecule has 14 heavy (non-hydrogen) atoms. The molecule has 0 saturated heterocycles. The van der Waals surface area contributed by atoms with Crippen molar-refractivity contribution in [3.05, 3.63) is 47.0 Å². The van der Waals surface area contributed by atoms with Gasteiger partial charge in [0.2, 0.25) is 0 Å². The van der Waals surface area contributed by atoms with E-state index in [-0.39, 0.29) is 7.43 Å². The van der Waals surface area contributed by atoms with Crippen LogP contribution in [0, 0.1) is 12.8 Å². The second kappa shape index (κ2) is 4.28. The molecule has 0 heterocycles. The number of rotatable bonds is 0. The maximum atomic E-state index is 2.25. The molecule has 1 aliphatic rings. The van der Waals surface area contributed by atoms with Crippen LogP contribution in [0.1, 0.15) is 31.0 Å². The second-order valence-corrected chi connectivity index (χ2v) is 3.66. The van der Waals surface area contributed by atoms with E-state index in [0.717, 1.165) is 0 Å². The molecule has 1 aromatic rings. The van der Waals surface area contributed by atoms with E-state index in [4.69, 9.17) is 0 Å². The molecule has 0 saturated carbocycles. The van der Waals surface area contributed by atoms with Gasteiger partial charge in [0.05, 0.1) is 0 Å². The van der Waals surface area contributed by atoms with Crippen molar-refractivity contribution in [3.8, 4) is 0 Å². The summed E-state index contributed by atoms with van der Waals surface area (Å²) in [6, 6.07) is 6.44. The predicted octanol–water partition coefficient (Wildman–Crippen LogP) is 4.31. The maximum absolute atomic E-state index is 2.25. The molecule has 0 aromatic heterocycles. The largest absolute Gasteiger partial charge is 0.0776 e. The lowest BCUT2D eigenvalue weighted by Crippen LogP contribution is -1.83. The molecular formula is C14H18. The molecule has 1 unspecified atom stereocenters. The van der Waals surface area contributed by atoms with E-state index in [0.29, 0.717) is 5.92 Å². The molecule has 1 aromatic carbocycles. The first-order valence-electron chi connectivity index (χ1n) is 4.73. The SMILES string of the molecule is C.Cc1cccc2c1C=CC(C)C=C2. The first-order chi connectivity index (χ1) is 6.27. The highest BCUT2D eigenvalue weighted by Crippen LogP contribution is 2.22. The Labute approximate surface area is 87.0 Å². The van der Waals surface area contributed by atoms with Gasteiger partial charge in [-0.1, -0.05) is 56.9 Å². The molecule has 0 heteroatoms. The standard InChI is InChI=1S/C13H14.CH4/c1-10-6-8-12-5-3-4-11(2)13(12)9-7-10;/h3-10H,1-2H3;1H4. The van der Waals surface area contributed by atoms with E-state index >= 15 is 0 Å². The molecule has 1 aliphatic carbocycles. The van der Waals surface area contributed by atoms with Crippen LogP contribution in [0.3, 0.4) is 0 Å². The summed E-state index contributed by atoms with van der Waals surface area (Å²) >= 11 is 0. The van der Waals surface area contributed by atoms with Crippen molar-refractivity contribution in [2.24, 2.45) is 5.92 Å². The summed E-state index contributed by atoms with van der Waals surface area (Å²) in [5.74, 6) is 0.548. The zero-order valence-corrected chi connectivity index (χ0v) is 8.12. The van der Waals surface area contributed by atoms with Crippen molar-refractivity contribution in [2.75, 3.05) is 0 Å². The Kier molecular flexibility index (Phi) is 3.29. The van der Waals surface area contributed by atoms with Gasteiger partial charge in [0.15, 0.2) is 0 Å². The molecule has 0 radical (unpaired) electrons. The first kappa shape index (κ1) is 10.8. The molecule has 1 atom stereocenters. The zero-order valence-electron chi connectivity index (χ0n) is 8.12. The van der Waals surface area contributed by atoms with Crippen LogP contribution in [0.4, 0.5) is 0 Å². The minimum Gasteiger partial charge on any atom is -0.0776 e. The summed E-state index contributed by atoms with van der Waals surface area (Å²) in [5.41, 5.74) is 4.05. The minimum absolute atomic E-state index is 0. The number of aryl methyl sites for hydroxylation is 1. The van der Waals surface area contributed by atoms with Gasteiger partial charge in [-0.2, -0.15) is 0 Å². The summed E-state index contributed by atoms with van der Waals surface area (Å²) in [4.78, 5) is 0. The number of hydrogen-bond acceptors (Lipinski definition) is 0. The lowest BCUT2D eigenvalue weighted by atomic mass is 10.0. The van der Waals surface area contributed by atoms with Crippen molar-refractivity contribution in [2.45, 2.75) is 21.3 Å². The number of fused-ring (bicyclic) bond motifs is 1. The lowest BCUT2D eigenvalue weighted by molar-refractivity contribution is 0.954. The third kappa shape index (κ3) is 1.95. The second-order valence-electron chi connectivity index (χ2n) is 3.66. The van der Waals surface area contributed by atoms with Crippen LogP contribution in [0.5, 0.6) is 0 Å². The van der Waals surface area contributed by atoms with Crippen LogP contribution < -0.4 is 0 Å². The van der Waals surface area contributed by atoms with Crippen molar-refractivity contribution >= 4 is 12.2 Å². The average molecular weight is 186 g/mol. The predicted molar refractivity (Wildman–Crippen MR) is 65.1 cm³/mol. The van der Waals surface area contributed by atoms with E-state index in [2.05, 4.69) is 56.4 Å². The molecule has 0 spiro atoms. The van der Waals surface area contributed by atoms with Crippen molar-refractivity contribution in [1.29, 1.82) is 0 Å². The molecule has 0 bridgehead atoms. The Balaban J connectivity index is 0.000000980. The molecule has 0 aliphatic heterocycles. The van der Waals surface area contributed by atoms with Crippen LogP contribution in [0.2, 0.25) is 0 Å². The van der Waals surface area contributed by atoms with Gasteiger partial charge in [-0.3, -0.25) is 0 Å². The fourth-order valence-electron chi connectivity index (χ4n) is 1.64. The summed E-state index contributed by atoms with van der Waals surface area (Å²) in [7, 11) is 0. The van der Waals surface area contributed by atoms with E-state index in [1.54, 1.807) is 0 Å². The molecule has 0 amide bonds. The molecular weight excluding hydrogens is 168 g/mol. The molecule has 0 fully saturated rings. The fourth-order valence-corrected chi connectivity index (χ4v) is 1.64. The number of allylic oxidation sites excluding steroid dienone is 2. The van der Waals surface area contributed by atoms with Gasteiger partial charge in [-0.15, -0.1) is 0 Å². The lowest BCUT2D eigenvalue weighted by Gasteiger charge is -2.03. The average Bonchev–Trinajstić information content (AvgIpc) is 2.30. The van der Waals surface area contributed by atoms with Gasteiger partial charge < -0.3 is 0 Å². The van der Waals surface area contributed by atoms with Gasteiger partial charge in [0.1, 0.15) is 0 Å². The van der Waals surface area contributed by atoms with Crippen molar-refractivity contribution in [1.82, 2.24) is 0 Å². The van der Waals surface area contributed by atoms with E-state index < -0.39 is 0 Å². The highest BCUT2D eigenvalue weighted by Gasteiger charge is 2.03.